The van der Waals surface area contributed by atoms with Crippen molar-refractivity contribution in [3.63, 3.8) is 0 Å². The van der Waals surface area contributed by atoms with Crippen molar-refractivity contribution < 1.29 is 0 Å². The van der Waals surface area contributed by atoms with Gasteiger partial charge in [0.05, 0.1) is 0 Å². The van der Waals surface area contributed by atoms with Crippen molar-refractivity contribution in [3.05, 3.63) is 89.5 Å². The van der Waals surface area contributed by atoms with Crippen LogP contribution in [0.5, 0.6) is 0 Å². The molecule has 3 aromatic heterocycles. The Morgan fingerprint density at radius 2 is 1.50 bits per heavy atom. The third-order valence-electron chi connectivity index (χ3n) is 3.62. The minimum absolute atomic E-state index is 0.0139. The summed E-state index contributed by atoms with van der Waals surface area (Å²) in [5.74, 6) is 0. The van der Waals surface area contributed by atoms with Gasteiger partial charge in [0.25, 0.3) is 0 Å². The van der Waals surface area contributed by atoms with E-state index in [1.54, 1.807) is 12.4 Å². The zero-order valence-electron chi connectivity index (χ0n) is 12.7. The molecule has 24 heavy (non-hydrogen) atoms. The van der Waals surface area contributed by atoms with E-state index >= 15 is 0 Å². The van der Waals surface area contributed by atoms with Gasteiger partial charge in [-0.15, -0.1) is 0 Å². The molecule has 0 aliphatic heterocycles. The average molecular weight is 378 g/mol. The number of nitrogens with zero attached hydrogens (tertiary/aromatic N) is 3. The molecule has 4 nitrogen and oxygen atoms in total. The molecule has 0 amide bonds. The van der Waals surface area contributed by atoms with E-state index in [0.29, 0.717) is 5.39 Å². The molecule has 5 heteroatoms. The van der Waals surface area contributed by atoms with Crippen LogP contribution in [0, 0.1) is 0 Å². The third-order valence-corrected chi connectivity index (χ3v) is 5.88. The second-order valence-corrected chi connectivity index (χ2v) is 7.24. The molecule has 0 N–H and O–H groups in total. The maximum Gasteiger partial charge on any atom is 0.0267 e. The third kappa shape index (κ3) is 2.64. The normalized spacial score (nSPS) is 10.7. The molecule has 116 valence electrons. The number of benzene rings is 2. The number of hydrogen-bond donors (Lipinski definition) is 0. The first-order valence-corrected chi connectivity index (χ1v) is 9.11. The molecule has 0 aliphatic carbocycles. The molecule has 0 unspecified atom stereocenters. The van der Waals surface area contributed by atoms with Crippen molar-refractivity contribution in [2.24, 2.45) is 0 Å². The first-order chi connectivity index (χ1) is 11.8. The van der Waals surface area contributed by atoms with Crippen LogP contribution in [0.2, 0.25) is 0 Å². The number of rotatable bonds is 0. The minimum Gasteiger partial charge on any atom is -0.265 e. The molecular formula is C19H13N3OSe. The van der Waals surface area contributed by atoms with E-state index in [-0.39, 0.29) is 20.3 Å². The van der Waals surface area contributed by atoms with Crippen LogP contribution in [0.3, 0.4) is 0 Å². The van der Waals surface area contributed by atoms with Crippen LogP contribution in [-0.2, 0) is 0 Å². The predicted octanol–water partition coefficient (Wildman–Crippen LogP) is 3.14. The molecule has 0 fully saturated rings. The molecule has 3 heterocycles. The van der Waals surface area contributed by atoms with Gasteiger partial charge >= 0.3 is 108 Å². The van der Waals surface area contributed by atoms with Crippen LogP contribution in [-0.4, -0.2) is 28.1 Å². The van der Waals surface area contributed by atoms with Crippen molar-refractivity contribution in [2.75, 3.05) is 0 Å². The van der Waals surface area contributed by atoms with Gasteiger partial charge < -0.3 is 0 Å². The summed E-state index contributed by atoms with van der Waals surface area (Å²) in [6.07, 6.45) is 3.50. The fraction of sp³-hybridized carbons (Fsp3) is 0. The number of aromatic nitrogens is 3. The van der Waals surface area contributed by atoms with Gasteiger partial charge in [0.1, 0.15) is 0 Å². The SMILES string of the molecule is O=c1c2ccccc2nc2c3ccccc3[se]n12.c1ccncc1. The fourth-order valence-electron chi connectivity index (χ4n) is 2.51. The van der Waals surface area contributed by atoms with E-state index in [2.05, 4.69) is 16.0 Å². The Labute approximate surface area is 144 Å². The van der Waals surface area contributed by atoms with Gasteiger partial charge in [-0.25, -0.2) is 0 Å². The molecule has 0 bridgehead atoms. The Hall–Kier alpha value is -2.75. The molecule has 0 spiro atoms. The Bertz CT molecular complexity index is 1150. The maximum atomic E-state index is 12.4. The summed E-state index contributed by atoms with van der Waals surface area (Å²) in [5, 5.41) is 1.80. The molecule has 2 aromatic carbocycles. The standard InChI is InChI=1S/C14H8N2OSe.C5H5N/c17-14-9-5-1-3-7-11(9)15-13-10-6-2-4-8-12(10)18-16(13)14;1-2-4-6-5-3-1/h1-8H;1-5H. The van der Waals surface area contributed by atoms with Gasteiger partial charge in [-0.1, -0.05) is 6.07 Å². The largest absolute Gasteiger partial charge is 0.265 e. The van der Waals surface area contributed by atoms with Crippen molar-refractivity contribution in [1.82, 2.24) is 13.4 Å². The van der Waals surface area contributed by atoms with Crippen molar-refractivity contribution in [2.45, 2.75) is 0 Å². The number of fused-ring (bicyclic) bond motifs is 4. The average Bonchev–Trinajstić information content (AvgIpc) is 3.03. The molecule has 0 atom stereocenters. The maximum absolute atomic E-state index is 12.4. The van der Waals surface area contributed by atoms with Crippen molar-refractivity contribution in [1.29, 1.82) is 0 Å². The summed E-state index contributed by atoms with van der Waals surface area (Å²) in [6.45, 7) is 0. The number of hydrogen-bond acceptors (Lipinski definition) is 3. The first kappa shape index (κ1) is 14.8. The second kappa shape index (κ2) is 6.40. The zero-order chi connectivity index (χ0) is 16.4. The molecule has 5 aromatic rings. The van der Waals surface area contributed by atoms with Crippen LogP contribution >= 0.6 is 0 Å². The van der Waals surface area contributed by atoms with Gasteiger partial charge in [0.2, 0.25) is 0 Å². The van der Waals surface area contributed by atoms with Crippen molar-refractivity contribution >= 4 is 40.9 Å². The van der Waals surface area contributed by atoms with E-state index in [4.69, 9.17) is 0 Å². The smallest absolute Gasteiger partial charge is 0.0267 e. The van der Waals surface area contributed by atoms with Crippen LogP contribution in [0.15, 0.2) is 83.9 Å². The number of pyridine rings is 1. The monoisotopic (exact) mass is 379 g/mol. The fourth-order valence-corrected chi connectivity index (χ4v) is 4.61. The van der Waals surface area contributed by atoms with E-state index < -0.39 is 0 Å². The molecule has 0 saturated heterocycles. The zero-order valence-corrected chi connectivity index (χ0v) is 14.4. The first-order valence-electron chi connectivity index (χ1n) is 7.49. The van der Waals surface area contributed by atoms with Crippen LogP contribution in [0.25, 0.3) is 26.2 Å². The Morgan fingerprint density at radius 3 is 2.21 bits per heavy atom. The van der Waals surface area contributed by atoms with Crippen LogP contribution in [0.4, 0.5) is 0 Å². The predicted molar refractivity (Wildman–Crippen MR) is 97.7 cm³/mol. The van der Waals surface area contributed by atoms with Gasteiger partial charge in [-0.3, -0.25) is 4.98 Å². The molecule has 0 saturated carbocycles. The summed E-state index contributed by atoms with van der Waals surface area (Å²) >= 11 is 0.0139. The van der Waals surface area contributed by atoms with Gasteiger partial charge in [-0.05, 0) is 12.1 Å². The van der Waals surface area contributed by atoms with E-state index in [0.717, 1.165) is 16.6 Å². The van der Waals surface area contributed by atoms with Gasteiger partial charge in [0, 0.05) is 12.4 Å². The minimum atomic E-state index is 0.0139. The second-order valence-electron chi connectivity index (χ2n) is 5.16. The topological polar surface area (TPSA) is 47.3 Å². The van der Waals surface area contributed by atoms with Gasteiger partial charge in [-0.2, -0.15) is 0 Å². The van der Waals surface area contributed by atoms with E-state index in [1.807, 2.05) is 64.1 Å². The Balaban J connectivity index is 0.000000207. The Morgan fingerprint density at radius 1 is 0.792 bits per heavy atom. The quantitative estimate of drug-likeness (QED) is 0.389. The molecule has 0 radical (unpaired) electrons. The Kier molecular flexibility index (Phi) is 3.95. The van der Waals surface area contributed by atoms with Gasteiger partial charge in [0.15, 0.2) is 0 Å². The summed E-state index contributed by atoms with van der Waals surface area (Å²) < 4.78 is 3.05. The summed E-state index contributed by atoms with van der Waals surface area (Å²) in [7, 11) is 0. The van der Waals surface area contributed by atoms with Crippen LogP contribution in [0.1, 0.15) is 0 Å². The molecule has 5 rings (SSSR count). The summed E-state index contributed by atoms with van der Waals surface area (Å²) in [5.41, 5.74) is 1.67. The summed E-state index contributed by atoms with van der Waals surface area (Å²) in [4.78, 5) is 20.8. The van der Waals surface area contributed by atoms with E-state index in [1.165, 1.54) is 4.26 Å². The summed E-state index contributed by atoms with van der Waals surface area (Å²) in [6, 6.07) is 21.4. The molecular weight excluding hydrogens is 365 g/mol. The van der Waals surface area contributed by atoms with E-state index in [9.17, 15) is 4.79 Å². The van der Waals surface area contributed by atoms with Crippen LogP contribution < -0.4 is 5.56 Å². The number of para-hydroxylation sites is 1. The van der Waals surface area contributed by atoms with Crippen molar-refractivity contribution in [3.8, 4) is 0 Å². The molecule has 0 aliphatic rings.